The molecular formula is C27H15BrN4S. The number of benzene rings is 5. The zero-order valence-electron chi connectivity index (χ0n) is 17.2. The molecule has 0 N–H and O–H groups in total. The summed E-state index contributed by atoms with van der Waals surface area (Å²) >= 11 is 4.85. The van der Waals surface area contributed by atoms with Gasteiger partial charge in [0.25, 0.3) is 0 Å². The lowest BCUT2D eigenvalue weighted by atomic mass is 10.00. The minimum Gasteiger partial charge on any atom is -0.292 e. The Morgan fingerprint density at radius 2 is 1.24 bits per heavy atom. The highest BCUT2D eigenvalue weighted by atomic mass is 79.9. The van der Waals surface area contributed by atoms with E-state index in [-0.39, 0.29) is 0 Å². The Labute approximate surface area is 201 Å². The molecular weight excluding hydrogens is 492 g/mol. The van der Waals surface area contributed by atoms with Gasteiger partial charge in [-0.1, -0.05) is 66.7 Å². The van der Waals surface area contributed by atoms with Crippen LogP contribution in [-0.2, 0) is 0 Å². The van der Waals surface area contributed by atoms with Crippen molar-refractivity contribution in [2.75, 3.05) is 0 Å². The summed E-state index contributed by atoms with van der Waals surface area (Å²) in [4.78, 5) is 5.28. The van der Waals surface area contributed by atoms with Gasteiger partial charge in [-0.25, -0.2) is 4.98 Å². The second kappa shape index (κ2) is 7.20. The molecule has 4 nitrogen and oxygen atoms in total. The Morgan fingerprint density at radius 1 is 0.606 bits per heavy atom. The highest BCUT2D eigenvalue weighted by molar-refractivity contribution is 9.10. The van der Waals surface area contributed by atoms with E-state index in [1.807, 2.05) is 12.1 Å². The largest absolute Gasteiger partial charge is 0.292 e. The van der Waals surface area contributed by atoms with Crippen LogP contribution in [0.2, 0.25) is 0 Å². The lowest BCUT2D eigenvalue weighted by Crippen LogP contribution is -1.98. The predicted octanol–water partition coefficient (Wildman–Crippen LogP) is 7.77. The first kappa shape index (κ1) is 18.9. The third-order valence-corrected chi connectivity index (χ3v) is 7.32. The van der Waals surface area contributed by atoms with Crippen molar-refractivity contribution in [1.82, 2.24) is 18.3 Å². The molecule has 0 unspecified atom stereocenters. The van der Waals surface area contributed by atoms with Crippen LogP contribution in [0.1, 0.15) is 0 Å². The van der Waals surface area contributed by atoms with Gasteiger partial charge in [-0.05, 0) is 51.0 Å². The zero-order valence-corrected chi connectivity index (χ0v) is 19.6. The normalized spacial score (nSPS) is 11.8. The van der Waals surface area contributed by atoms with E-state index in [4.69, 9.17) is 4.98 Å². The number of aromatic nitrogens is 4. The van der Waals surface area contributed by atoms with E-state index < -0.39 is 0 Å². The van der Waals surface area contributed by atoms with Gasteiger partial charge in [-0.2, -0.15) is 8.75 Å². The number of rotatable bonds is 2. The third kappa shape index (κ3) is 2.71. The van der Waals surface area contributed by atoms with Gasteiger partial charge in [0.2, 0.25) is 0 Å². The number of para-hydroxylation sites is 1. The van der Waals surface area contributed by atoms with Crippen LogP contribution in [-0.4, -0.2) is 18.3 Å². The lowest BCUT2D eigenvalue weighted by molar-refractivity contribution is 1.11. The van der Waals surface area contributed by atoms with Crippen molar-refractivity contribution in [3.63, 3.8) is 0 Å². The third-order valence-electron chi connectivity index (χ3n) is 6.15. The smallest absolute Gasteiger partial charge is 0.148 e. The number of halogens is 1. The van der Waals surface area contributed by atoms with E-state index in [1.165, 1.54) is 27.9 Å². The van der Waals surface area contributed by atoms with Crippen molar-refractivity contribution >= 4 is 71.3 Å². The molecule has 0 bridgehead atoms. The molecule has 0 fully saturated rings. The number of fused-ring (bicyclic) bond motifs is 7. The maximum absolute atomic E-state index is 5.28. The standard InChI is InChI=1S/C27H15BrN4S/c28-22-15-14-21(23-25(22)31-33-30-23)27-29-24-19-12-6-4-10-17(19)18-11-5-7-13-20(18)26(24)32(27)16-8-2-1-3-9-16/h1-15H. The van der Waals surface area contributed by atoms with Crippen molar-refractivity contribution in [1.29, 1.82) is 0 Å². The van der Waals surface area contributed by atoms with Gasteiger partial charge in [0.15, 0.2) is 0 Å². The Bertz CT molecular complexity index is 1840. The van der Waals surface area contributed by atoms with Gasteiger partial charge in [-0.3, -0.25) is 4.57 Å². The molecule has 0 radical (unpaired) electrons. The summed E-state index contributed by atoms with van der Waals surface area (Å²) in [5, 5.41) is 4.76. The average Bonchev–Trinajstić information content (AvgIpc) is 3.52. The van der Waals surface area contributed by atoms with Gasteiger partial charge in [0.05, 0.1) is 22.8 Å². The van der Waals surface area contributed by atoms with Crippen molar-refractivity contribution in [3.05, 3.63) is 95.5 Å². The van der Waals surface area contributed by atoms with Crippen LogP contribution in [0.25, 0.3) is 60.7 Å². The SMILES string of the molecule is Brc1ccc(-c2nc3c4ccccc4c4ccccc4c3n2-c2ccccc2)c2nsnc12. The van der Waals surface area contributed by atoms with Crippen molar-refractivity contribution in [3.8, 4) is 17.1 Å². The average molecular weight is 507 g/mol. The maximum Gasteiger partial charge on any atom is 0.148 e. The van der Waals surface area contributed by atoms with Crippen LogP contribution in [0, 0.1) is 0 Å². The lowest BCUT2D eigenvalue weighted by Gasteiger charge is -2.12. The molecule has 0 aliphatic heterocycles. The summed E-state index contributed by atoms with van der Waals surface area (Å²) in [6.45, 7) is 0. The molecule has 7 aromatic rings. The van der Waals surface area contributed by atoms with Crippen molar-refractivity contribution in [2.24, 2.45) is 0 Å². The number of hydrogen-bond donors (Lipinski definition) is 0. The van der Waals surface area contributed by atoms with Crippen LogP contribution in [0.4, 0.5) is 0 Å². The number of nitrogens with zero attached hydrogens (tertiary/aromatic N) is 4. The Balaban J connectivity index is 1.75. The number of hydrogen-bond acceptors (Lipinski definition) is 4. The van der Waals surface area contributed by atoms with Crippen LogP contribution in [0.15, 0.2) is 95.5 Å². The van der Waals surface area contributed by atoms with E-state index in [0.717, 1.165) is 49.0 Å². The van der Waals surface area contributed by atoms with E-state index in [0.29, 0.717) is 0 Å². The quantitative estimate of drug-likeness (QED) is 0.225. The van der Waals surface area contributed by atoms with Gasteiger partial charge in [-0.15, -0.1) is 0 Å². The molecule has 0 amide bonds. The fourth-order valence-corrected chi connectivity index (χ4v) is 5.83. The highest BCUT2D eigenvalue weighted by Crippen LogP contribution is 2.40. The summed E-state index contributed by atoms with van der Waals surface area (Å²) in [5.74, 6) is 0.864. The van der Waals surface area contributed by atoms with Crippen LogP contribution in [0.5, 0.6) is 0 Å². The van der Waals surface area contributed by atoms with Gasteiger partial charge >= 0.3 is 0 Å². The molecule has 0 aliphatic rings. The first-order valence-corrected chi connectivity index (χ1v) is 12.1. The Kier molecular flexibility index (Phi) is 4.13. The molecule has 0 atom stereocenters. The molecule has 33 heavy (non-hydrogen) atoms. The molecule has 2 heterocycles. The summed E-state index contributed by atoms with van der Waals surface area (Å²) in [6, 6.07) is 31.6. The minimum atomic E-state index is 0.857. The molecule has 6 heteroatoms. The maximum atomic E-state index is 5.28. The molecule has 156 valence electrons. The van der Waals surface area contributed by atoms with E-state index in [1.54, 1.807) is 0 Å². The summed E-state index contributed by atoms with van der Waals surface area (Å²) in [6.07, 6.45) is 0. The predicted molar refractivity (Wildman–Crippen MR) is 140 cm³/mol. The van der Waals surface area contributed by atoms with Crippen LogP contribution in [0.3, 0.4) is 0 Å². The molecule has 0 aliphatic carbocycles. The van der Waals surface area contributed by atoms with E-state index >= 15 is 0 Å². The Morgan fingerprint density at radius 3 is 2.03 bits per heavy atom. The van der Waals surface area contributed by atoms with Gasteiger partial charge < -0.3 is 0 Å². The Hall–Kier alpha value is -3.61. The molecule has 0 saturated carbocycles. The monoisotopic (exact) mass is 506 g/mol. The zero-order chi connectivity index (χ0) is 21.9. The first-order valence-electron chi connectivity index (χ1n) is 10.6. The fourth-order valence-electron chi connectivity index (χ4n) is 4.73. The molecule has 7 rings (SSSR count). The van der Waals surface area contributed by atoms with E-state index in [2.05, 4.69) is 108 Å². The minimum absolute atomic E-state index is 0.857. The molecule has 2 aromatic heterocycles. The van der Waals surface area contributed by atoms with Crippen LogP contribution < -0.4 is 0 Å². The van der Waals surface area contributed by atoms with Gasteiger partial charge in [0, 0.05) is 26.5 Å². The fraction of sp³-hybridized carbons (Fsp3) is 0. The topological polar surface area (TPSA) is 43.6 Å². The second-order valence-corrected chi connectivity index (χ2v) is 9.33. The van der Waals surface area contributed by atoms with Crippen LogP contribution >= 0.6 is 27.7 Å². The highest BCUT2D eigenvalue weighted by Gasteiger charge is 2.22. The number of imidazole rings is 1. The summed E-state index contributed by atoms with van der Waals surface area (Å²) < 4.78 is 12.3. The first-order chi connectivity index (χ1) is 16.3. The van der Waals surface area contributed by atoms with Crippen molar-refractivity contribution < 1.29 is 0 Å². The summed E-state index contributed by atoms with van der Waals surface area (Å²) in [5.41, 5.74) is 5.84. The van der Waals surface area contributed by atoms with Gasteiger partial charge in [0.1, 0.15) is 16.9 Å². The molecule has 5 aromatic carbocycles. The molecule has 0 saturated heterocycles. The van der Waals surface area contributed by atoms with Crippen molar-refractivity contribution in [2.45, 2.75) is 0 Å². The second-order valence-electron chi connectivity index (χ2n) is 7.95. The summed E-state index contributed by atoms with van der Waals surface area (Å²) in [7, 11) is 0. The molecule has 0 spiro atoms. The van der Waals surface area contributed by atoms with E-state index in [9.17, 15) is 0 Å².